The van der Waals surface area contributed by atoms with Crippen LogP contribution in [-0.2, 0) is 9.59 Å². The van der Waals surface area contributed by atoms with Gasteiger partial charge in [0.1, 0.15) is 24.2 Å². The molecule has 0 spiro atoms. The lowest BCUT2D eigenvalue weighted by Gasteiger charge is -2.42. The van der Waals surface area contributed by atoms with E-state index < -0.39 is 0 Å². The maximum Gasteiger partial charge on any atom is 0.246 e. The number of nitrogens with zero attached hydrogens (tertiary/aromatic N) is 6. The van der Waals surface area contributed by atoms with E-state index in [-0.39, 0.29) is 11.9 Å². The molecule has 33 heavy (non-hydrogen) atoms. The van der Waals surface area contributed by atoms with Crippen molar-refractivity contribution in [2.45, 2.75) is 18.9 Å². The van der Waals surface area contributed by atoms with Gasteiger partial charge in [0.15, 0.2) is 5.82 Å². The number of anilines is 2. The molecule has 0 radical (unpaired) electrons. The van der Waals surface area contributed by atoms with Gasteiger partial charge in [-0.3, -0.25) is 9.69 Å². The number of nitrogen functional groups attached to an aromatic ring is 1. The number of benzene rings is 1. The average Bonchev–Trinajstić information content (AvgIpc) is 3.48. The molecule has 0 bridgehead atoms. The fourth-order valence-electron chi connectivity index (χ4n) is 4.85. The number of carbonyl (C=O) groups is 2. The van der Waals surface area contributed by atoms with Crippen LogP contribution in [0.25, 0.3) is 16.8 Å². The zero-order valence-electron chi connectivity index (χ0n) is 18.2. The molecule has 2 saturated heterocycles. The summed E-state index contributed by atoms with van der Waals surface area (Å²) in [7, 11) is 0. The highest BCUT2D eigenvalue weighted by atomic mass is 35.5. The molecule has 2 aromatic heterocycles. The summed E-state index contributed by atoms with van der Waals surface area (Å²) in [6, 6.07) is 9.52. The summed E-state index contributed by atoms with van der Waals surface area (Å²) in [6.07, 6.45) is 4.39. The van der Waals surface area contributed by atoms with Crippen molar-refractivity contribution in [1.82, 2.24) is 24.4 Å². The van der Waals surface area contributed by atoms with Gasteiger partial charge in [0.2, 0.25) is 5.91 Å². The smallest absolute Gasteiger partial charge is 0.246 e. The Bertz CT molecular complexity index is 1190. The van der Waals surface area contributed by atoms with Crippen molar-refractivity contribution in [2.75, 3.05) is 49.9 Å². The van der Waals surface area contributed by atoms with Gasteiger partial charge in [-0.1, -0.05) is 23.7 Å². The van der Waals surface area contributed by atoms with E-state index in [0.717, 1.165) is 55.7 Å². The Labute approximate surface area is 196 Å². The minimum Gasteiger partial charge on any atom is -0.382 e. The molecule has 1 unspecified atom stereocenters. The molecule has 3 aromatic rings. The number of likely N-dealkylation sites (tertiary alicyclic amines) is 1. The molecule has 1 aromatic carbocycles. The normalized spacial score (nSPS) is 19.4. The van der Waals surface area contributed by atoms with Gasteiger partial charge < -0.3 is 20.3 Å². The molecule has 9 nitrogen and oxygen atoms in total. The quantitative estimate of drug-likeness (QED) is 0.572. The number of halogens is 1. The monoisotopic (exact) mass is 467 g/mol. The first-order valence-electron chi connectivity index (χ1n) is 11.2. The van der Waals surface area contributed by atoms with Crippen molar-refractivity contribution in [3.63, 3.8) is 0 Å². The molecule has 0 saturated carbocycles. The van der Waals surface area contributed by atoms with Crippen molar-refractivity contribution in [2.24, 2.45) is 0 Å². The second-order valence-electron chi connectivity index (χ2n) is 8.50. The zero-order chi connectivity index (χ0) is 22.9. The summed E-state index contributed by atoms with van der Waals surface area (Å²) >= 11 is 6.43. The van der Waals surface area contributed by atoms with E-state index in [1.165, 1.54) is 6.33 Å². The molecule has 1 atom stereocenters. The van der Waals surface area contributed by atoms with Crippen molar-refractivity contribution in [3.8, 4) is 11.3 Å². The number of hydrogen-bond acceptors (Lipinski definition) is 7. The Morgan fingerprint density at radius 1 is 1.18 bits per heavy atom. The number of fused-ring (bicyclic) bond motifs is 1. The molecule has 2 N–H and O–H groups in total. The van der Waals surface area contributed by atoms with Gasteiger partial charge in [-0.15, -0.1) is 0 Å². The molecule has 5 rings (SSSR count). The van der Waals surface area contributed by atoms with Crippen molar-refractivity contribution in [1.29, 1.82) is 0 Å². The van der Waals surface area contributed by atoms with Crippen LogP contribution < -0.4 is 10.6 Å². The van der Waals surface area contributed by atoms with Gasteiger partial charge in [0, 0.05) is 44.0 Å². The van der Waals surface area contributed by atoms with Crippen molar-refractivity contribution >= 4 is 40.8 Å². The van der Waals surface area contributed by atoms with Crippen LogP contribution in [0.3, 0.4) is 0 Å². The summed E-state index contributed by atoms with van der Waals surface area (Å²) in [6.45, 7) is 3.84. The first-order chi connectivity index (χ1) is 16.1. The second-order valence-corrected chi connectivity index (χ2v) is 8.91. The molecule has 2 fully saturated rings. The minimum absolute atomic E-state index is 0.130. The highest BCUT2D eigenvalue weighted by Crippen LogP contribution is 2.33. The lowest BCUT2D eigenvalue weighted by Crippen LogP contribution is -2.59. The summed E-state index contributed by atoms with van der Waals surface area (Å²) < 4.78 is 1.69. The number of aldehydes is 1. The van der Waals surface area contributed by atoms with Crippen LogP contribution in [0, 0.1) is 0 Å². The van der Waals surface area contributed by atoms with E-state index in [0.29, 0.717) is 36.0 Å². The van der Waals surface area contributed by atoms with E-state index in [4.69, 9.17) is 17.3 Å². The SMILES string of the molecule is Nc1ncnn2c(-c3cccc(N4CCN(CC=O)CC4C(=O)N4CCCC4)c3)cc(Cl)c12. The lowest BCUT2D eigenvalue weighted by atomic mass is 10.1. The Balaban J connectivity index is 1.50. The number of nitrogens with two attached hydrogens (primary N) is 1. The van der Waals surface area contributed by atoms with Crippen LogP contribution in [0.1, 0.15) is 12.8 Å². The largest absolute Gasteiger partial charge is 0.382 e. The number of carbonyl (C=O) groups excluding carboxylic acids is 2. The van der Waals surface area contributed by atoms with Crippen LogP contribution >= 0.6 is 11.6 Å². The van der Waals surface area contributed by atoms with Gasteiger partial charge in [-0.2, -0.15) is 5.10 Å². The average molecular weight is 468 g/mol. The number of piperazine rings is 1. The molecule has 2 aliphatic heterocycles. The van der Waals surface area contributed by atoms with Crippen LogP contribution in [0.2, 0.25) is 5.02 Å². The molecule has 10 heteroatoms. The maximum absolute atomic E-state index is 13.4. The summed E-state index contributed by atoms with van der Waals surface area (Å²) in [5, 5.41) is 4.82. The number of aromatic nitrogens is 3. The van der Waals surface area contributed by atoms with Crippen LogP contribution in [-0.4, -0.2) is 81.9 Å². The molecule has 4 heterocycles. The third-order valence-corrected chi connectivity index (χ3v) is 6.80. The molecule has 1 amide bonds. The van der Waals surface area contributed by atoms with Gasteiger partial charge in [-0.25, -0.2) is 9.50 Å². The molecule has 172 valence electrons. The predicted molar refractivity (Wildman–Crippen MR) is 127 cm³/mol. The van der Waals surface area contributed by atoms with E-state index >= 15 is 0 Å². The van der Waals surface area contributed by atoms with Crippen LogP contribution in [0.4, 0.5) is 11.5 Å². The second kappa shape index (κ2) is 8.99. The Morgan fingerprint density at radius 2 is 2.00 bits per heavy atom. The van der Waals surface area contributed by atoms with Crippen LogP contribution in [0.15, 0.2) is 36.7 Å². The van der Waals surface area contributed by atoms with Crippen molar-refractivity contribution in [3.05, 3.63) is 41.7 Å². The fraction of sp³-hybridized carbons (Fsp3) is 0.391. The van der Waals surface area contributed by atoms with Gasteiger partial charge in [0.05, 0.1) is 17.3 Å². The van der Waals surface area contributed by atoms with E-state index in [1.54, 1.807) is 4.52 Å². The summed E-state index contributed by atoms with van der Waals surface area (Å²) in [5.74, 6) is 0.449. The molecule has 2 aliphatic rings. The summed E-state index contributed by atoms with van der Waals surface area (Å²) in [5.41, 5.74) is 9.24. The lowest BCUT2D eigenvalue weighted by molar-refractivity contribution is -0.132. The number of amides is 1. The minimum atomic E-state index is -0.335. The highest BCUT2D eigenvalue weighted by Gasteiger charge is 2.36. The Hall–Kier alpha value is -3.17. The first kappa shape index (κ1) is 21.7. The Kier molecular flexibility index (Phi) is 5.90. The Morgan fingerprint density at radius 3 is 2.79 bits per heavy atom. The predicted octanol–water partition coefficient (Wildman–Crippen LogP) is 1.94. The van der Waals surface area contributed by atoms with Gasteiger partial charge in [-0.05, 0) is 31.0 Å². The van der Waals surface area contributed by atoms with Gasteiger partial charge in [0.25, 0.3) is 0 Å². The third kappa shape index (κ3) is 4.02. The molecular formula is C23H26ClN7O2. The van der Waals surface area contributed by atoms with E-state index in [2.05, 4.69) is 21.0 Å². The highest BCUT2D eigenvalue weighted by molar-refractivity contribution is 6.35. The topological polar surface area (TPSA) is 100 Å². The molecular weight excluding hydrogens is 442 g/mol. The van der Waals surface area contributed by atoms with Gasteiger partial charge >= 0.3 is 0 Å². The number of hydrogen-bond donors (Lipinski definition) is 1. The van der Waals surface area contributed by atoms with Crippen molar-refractivity contribution < 1.29 is 9.59 Å². The van der Waals surface area contributed by atoms with E-state index in [9.17, 15) is 9.59 Å². The standard InChI is InChI=1S/C23H26ClN7O2/c24-18-13-19(31-21(18)22(25)26-15-27-31)16-4-3-5-17(12-16)30-9-8-28(10-11-32)14-20(30)23(33)29-6-1-2-7-29/h3-5,11-13,15,20H,1-2,6-10,14H2,(H2,25,26,27). The van der Waals surface area contributed by atoms with Crippen LogP contribution in [0.5, 0.6) is 0 Å². The zero-order valence-corrected chi connectivity index (χ0v) is 19.0. The third-order valence-electron chi connectivity index (χ3n) is 6.51. The number of rotatable bonds is 5. The fourth-order valence-corrected chi connectivity index (χ4v) is 5.13. The maximum atomic E-state index is 13.4. The summed E-state index contributed by atoms with van der Waals surface area (Å²) in [4.78, 5) is 34.7. The first-order valence-corrected chi connectivity index (χ1v) is 11.5. The molecule has 0 aliphatic carbocycles. The van der Waals surface area contributed by atoms with E-state index in [1.807, 2.05) is 34.1 Å².